The molecule has 1 aliphatic rings. The molecule has 1 aliphatic heterocycles. The van der Waals surface area contributed by atoms with Crippen LogP contribution in [-0.2, 0) is 23.1 Å². The van der Waals surface area contributed by atoms with Gasteiger partial charge in [0.2, 0.25) is 10.0 Å². The minimum Gasteiger partial charge on any atom is -0.299 e. The SMILES string of the molecule is CCn1cc(S(=O)(=O)N(C)C2CCN(Cc3ccccc3)CC2)cn1. The van der Waals surface area contributed by atoms with Crippen molar-refractivity contribution in [3.8, 4) is 0 Å². The molecule has 1 aromatic carbocycles. The number of aryl methyl sites for hydroxylation is 1. The van der Waals surface area contributed by atoms with Crippen molar-refractivity contribution in [1.82, 2.24) is 19.0 Å². The average molecular weight is 362 g/mol. The van der Waals surface area contributed by atoms with Crippen LogP contribution in [0.5, 0.6) is 0 Å². The Balaban J connectivity index is 1.60. The third kappa shape index (κ3) is 4.11. The quantitative estimate of drug-likeness (QED) is 0.790. The Morgan fingerprint density at radius 2 is 1.88 bits per heavy atom. The second-order valence-corrected chi connectivity index (χ2v) is 8.54. The maximum atomic E-state index is 12.8. The zero-order valence-electron chi connectivity index (χ0n) is 14.9. The van der Waals surface area contributed by atoms with Gasteiger partial charge in [-0.15, -0.1) is 0 Å². The first-order valence-corrected chi connectivity index (χ1v) is 10.2. The summed E-state index contributed by atoms with van der Waals surface area (Å²) in [5.41, 5.74) is 1.30. The lowest BCUT2D eigenvalue weighted by atomic mass is 10.0. The summed E-state index contributed by atoms with van der Waals surface area (Å²) < 4.78 is 28.8. The third-order valence-electron chi connectivity index (χ3n) is 4.93. The summed E-state index contributed by atoms with van der Waals surface area (Å²) in [5, 5.41) is 4.09. The molecule has 0 unspecified atom stereocenters. The number of likely N-dealkylation sites (tertiary alicyclic amines) is 1. The highest BCUT2D eigenvalue weighted by Crippen LogP contribution is 2.23. The van der Waals surface area contributed by atoms with Gasteiger partial charge in [-0.3, -0.25) is 9.58 Å². The number of hydrogen-bond donors (Lipinski definition) is 0. The molecule has 0 bridgehead atoms. The highest BCUT2D eigenvalue weighted by atomic mass is 32.2. The fourth-order valence-corrected chi connectivity index (χ4v) is 4.67. The molecule has 2 aromatic rings. The van der Waals surface area contributed by atoms with Crippen LogP contribution in [0.2, 0.25) is 0 Å². The number of piperidine rings is 1. The highest BCUT2D eigenvalue weighted by molar-refractivity contribution is 7.89. The molecule has 136 valence electrons. The second kappa shape index (κ2) is 7.68. The second-order valence-electron chi connectivity index (χ2n) is 6.55. The van der Waals surface area contributed by atoms with E-state index < -0.39 is 10.0 Å². The summed E-state index contributed by atoms with van der Waals surface area (Å²) in [6, 6.07) is 10.4. The number of benzene rings is 1. The Bertz CT molecular complexity index is 780. The van der Waals surface area contributed by atoms with Crippen molar-refractivity contribution in [2.75, 3.05) is 20.1 Å². The van der Waals surface area contributed by atoms with Gasteiger partial charge in [-0.2, -0.15) is 9.40 Å². The fraction of sp³-hybridized carbons (Fsp3) is 0.500. The minimum atomic E-state index is -3.47. The van der Waals surface area contributed by atoms with Gasteiger partial charge in [-0.1, -0.05) is 30.3 Å². The molecule has 0 aliphatic carbocycles. The number of sulfonamides is 1. The molecule has 1 fully saturated rings. The normalized spacial score (nSPS) is 17.2. The summed E-state index contributed by atoms with van der Waals surface area (Å²) >= 11 is 0. The van der Waals surface area contributed by atoms with Crippen molar-refractivity contribution in [3.63, 3.8) is 0 Å². The van der Waals surface area contributed by atoms with Crippen LogP contribution in [0.4, 0.5) is 0 Å². The lowest BCUT2D eigenvalue weighted by Crippen LogP contribution is -2.45. The summed E-state index contributed by atoms with van der Waals surface area (Å²) in [5.74, 6) is 0. The van der Waals surface area contributed by atoms with Crippen LogP contribution < -0.4 is 0 Å². The molecule has 7 heteroatoms. The number of hydrogen-bond acceptors (Lipinski definition) is 4. The summed E-state index contributed by atoms with van der Waals surface area (Å²) in [4.78, 5) is 2.67. The molecule has 0 spiro atoms. The van der Waals surface area contributed by atoms with Crippen LogP contribution >= 0.6 is 0 Å². The molecule has 1 saturated heterocycles. The molecule has 0 N–H and O–H groups in total. The molecule has 0 amide bonds. The van der Waals surface area contributed by atoms with Gasteiger partial charge >= 0.3 is 0 Å². The van der Waals surface area contributed by atoms with Gasteiger partial charge < -0.3 is 0 Å². The number of aromatic nitrogens is 2. The van der Waals surface area contributed by atoms with Crippen molar-refractivity contribution in [3.05, 3.63) is 48.3 Å². The van der Waals surface area contributed by atoms with Crippen LogP contribution in [0.1, 0.15) is 25.3 Å². The molecule has 0 atom stereocenters. The predicted octanol–water partition coefficient (Wildman–Crippen LogP) is 2.19. The van der Waals surface area contributed by atoms with Crippen LogP contribution in [0.3, 0.4) is 0 Å². The molecule has 2 heterocycles. The van der Waals surface area contributed by atoms with E-state index in [4.69, 9.17) is 0 Å². The predicted molar refractivity (Wildman–Crippen MR) is 97.6 cm³/mol. The minimum absolute atomic E-state index is 0.0435. The van der Waals surface area contributed by atoms with E-state index in [0.29, 0.717) is 6.54 Å². The molecule has 25 heavy (non-hydrogen) atoms. The van der Waals surface area contributed by atoms with Crippen molar-refractivity contribution in [1.29, 1.82) is 0 Å². The zero-order valence-corrected chi connectivity index (χ0v) is 15.7. The highest BCUT2D eigenvalue weighted by Gasteiger charge is 2.31. The largest absolute Gasteiger partial charge is 0.299 e. The van der Waals surface area contributed by atoms with Crippen LogP contribution in [0, 0.1) is 0 Å². The average Bonchev–Trinajstić information content (AvgIpc) is 3.13. The Morgan fingerprint density at radius 1 is 1.20 bits per heavy atom. The zero-order chi connectivity index (χ0) is 17.9. The molecule has 0 radical (unpaired) electrons. The Kier molecular flexibility index (Phi) is 5.56. The van der Waals surface area contributed by atoms with Gasteiger partial charge in [0.15, 0.2) is 0 Å². The van der Waals surface area contributed by atoms with Gasteiger partial charge in [0.25, 0.3) is 0 Å². The van der Waals surface area contributed by atoms with E-state index in [1.165, 1.54) is 16.1 Å². The van der Waals surface area contributed by atoms with E-state index >= 15 is 0 Å². The first kappa shape index (κ1) is 18.1. The first-order valence-electron chi connectivity index (χ1n) is 8.77. The molecule has 1 aromatic heterocycles. The topological polar surface area (TPSA) is 58.4 Å². The Hall–Kier alpha value is -1.70. The van der Waals surface area contributed by atoms with E-state index in [2.05, 4.69) is 34.3 Å². The van der Waals surface area contributed by atoms with Crippen molar-refractivity contribution < 1.29 is 8.42 Å². The van der Waals surface area contributed by atoms with Gasteiger partial charge in [-0.25, -0.2) is 8.42 Å². The smallest absolute Gasteiger partial charge is 0.246 e. The third-order valence-corrected chi connectivity index (χ3v) is 6.79. The van der Waals surface area contributed by atoms with Gasteiger partial charge in [0.1, 0.15) is 4.90 Å². The van der Waals surface area contributed by atoms with E-state index in [9.17, 15) is 8.42 Å². The van der Waals surface area contributed by atoms with Gasteiger partial charge in [-0.05, 0) is 25.3 Å². The van der Waals surface area contributed by atoms with Crippen LogP contribution in [-0.4, -0.2) is 53.6 Å². The standard InChI is InChI=1S/C18H26N4O2S/c1-3-22-15-18(13-19-22)25(23,24)20(2)17-9-11-21(12-10-17)14-16-7-5-4-6-8-16/h4-8,13,15,17H,3,9-12,14H2,1-2H3. The molecule has 6 nitrogen and oxygen atoms in total. The summed E-state index contributed by atoms with van der Waals surface area (Å²) in [7, 11) is -1.78. The lowest BCUT2D eigenvalue weighted by Gasteiger charge is -2.36. The van der Waals surface area contributed by atoms with Crippen molar-refractivity contribution in [2.24, 2.45) is 0 Å². The fourth-order valence-electron chi connectivity index (χ4n) is 3.30. The van der Waals surface area contributed by atoms with Crippen LogP contribution in [0.25, 0.3) is 0 Å². The van der Waals surface area contributed by atoms with Crippen molar-refractivity contribution >= 4 is 10.0 Å². The first-order chi connectivity index (χ1) is 12.0. The lowest BCUT2D eigenvalue weighted by molar-refractivity contribution is 0.164. The summed E-state index contributed by atoms with van der Waals surface area (Å²) in [6.07, 6.45) is 4.76. The molecule has 3 rings (SSSR count). The van der Waals surface area contributed by atoms with Crippen molar-refractivity contribution in [2.45, 2.75) is 43.8 Å². The monoisotopic (exact) mass is 362 g/mol. The maximum Gasteiger partial charge on any atom is 0.246 e. The maximum absolute atomic E-state index is 12.8. The van der Waals surface area contributed by atoms with Gasteiger partial charge in [0.05, 0.1) is 6.20 Å². The van der Waals surface area contributed by atoms with Gasteiger partial charge in [0, 0.05) is 45.5 Å². The van der Waals surface area contributed by atoms with Crippen LogP contribution in [0.15, 0.2) is 47.6 Å². The molecule has 0 saturated carbocycles. The molecular formula is C18H26N4O2S. The number of rotatable bonds is 6. The molecular weight excluding hydrogens is 336 g/mol. The Morgan fingerprint density at radius 3 is 2.48 bits per heavy atom. The Labute approximate surface area is 150 Å². The van der Waals surface area contributed by atoms with E-state index in [1.54, 1.807) is 17.9 Å². The van der Waals surface area contributed by atoms with E-state index in [-0.39, 0.29) is 10.9 Å². The number of nitrogens with zero attached hydrogens (tertiary/aromatic N) is 4. The van der Waals surface area contributed by atoms with E-state index in [1.807, 2.05) is 13.0 Å². The summed E-state index contributed by atoms with van der Waals surface area (Å²) in [6.45, 7) is 5.35. The van der Waals surface area contributed by atoms with E-state index in [0.717, 1.165) is 32.5 Å².